The molecule has 0 aliphatic carbocycles. The van der Waals surface area contributed by atoms with Crippen LogP contribution in [0.1, 0.15) is 25.3 Å². The van der Waals surface area contributed by atoms with E-state index in [0.29, 0.717) is 48.9 Å². The molecule has 0 bridgehead atoms. The fourth-order valence-corrected chi connectivity index (χ4v) is 5.47. The van der Waals surface area contributed by atoms with Gasteiger partial charge in [-0.2, -0.15) is 0 Å². The van der Waals surface area contributed by atoms with E-state index in [-0.39, 0.29) is 23.6 Å². The Kier molecular flexibility index (Phi) is 8.39. The van der Waals surface area contributed by atoms with E-state index in [9.17, 15) is 13.2 Å². The summed E-state index contributed by atoms with van der Waals surface area (Å²) in [5.74, 6) is 1.02. The monoisotopic (exact) mass is 480 g/mol. The third-order valence-corrected chi connectivity index (χ3v) is 7.66. The molecule has 0 radical (unpaired) electrons. The molecule has 1 amide bonds. The number of nitrogens with zero attached hydrogens (tertiary/aromatic N) is 1. The predicted molar refractivity (Wildman–Crippen MR) is 124 cm³/mol. The first-order valence-electron chi connectivity index (χ1n) is 10.6. The Labute approximate surface area is 194 Å². The summed E-state index contributed by atoms with van der Waals surface area (Å²) in [5, 5.41) is 3.41. The van der Waals surface area contributed by atoms with Gasteiger partial charge in [-0.25, -0.2) is 12.7 Å². The number of piperidine rings is 1. The number of carbonyl (C=O) groups excluding carboxylic acids is 1. The molecule has 1 aliphatic heterocycles. The molecule has 1 aliphatic rings. The highest BCUT2D eigenvalue weighted by molar-refractivity contribution is 7.88. The minimum Gasteiger partial charge on any atom is -0.497 e. The molecule has 1 saturated heterocycles. The highest BCUT2D eigenvalue weighted by atomic mass is 35.5. The molecule has 1 heterocycles. The van der Waals surface area contributed by atoms with E-state index in [2.05, 4.69) is 5.32 Å². The zero-order valence-corrected chi connectivity index (χ0v) is 19.9. The van der Waals surface area contributed by atoms with Gasteiger partial charge >= 0.3 is 0 Å². The Bertz CT molecular complexity index is 1010. The highest BCUT2D eigenvalue weighted by Crippen LogP contribution is 2.24. The maximum atomic E-state index is 12.8. The Hall–Kier alpha value is -2.29. The van der Waals surface area contributed by atoms with Gasteiger partial charge in [-0.3, -0.25) is 4.79 Å². The fourth-order valence-electron chi connectivity index (χ4n) is 3.59. The molecule has 1 atom stereocenters. The second kappa shape index (κ2) is 11.0. The molecule has 1 fully saturated rings. The largest absolute Gasteiger partial charge is 0.497 e. The summed E-state index contributed by atoms with van der Waals surface area (Å²) in [4.78, 5) is 12.6. The van der Waals surface area contributed by atoms with E-state index in [4.69, 9.17) is 21.1 Å². The summed E-state index contributed by atoms with van der Waals surface area (Å²) in [6, 6.07) is 14.0. The van der Waals surface area contributed by atoms with E-state index in [1.165, 1.54) is 4.31 Å². The number of methoxy groups -OCH3 is 1. The molecule has 0 aromatic heterocycles. The van der Waals surface area contributed by atoms with Crippen molar-refractivity contribution in [2.45, 2.75) is 31.6 Å². The van der Waals surface area contributed by atoms with E-state index in [1.807, 2.05) is 31.2 Å². The summed E-state index contributed by atoms with van der Waals surface area (Å²) in [5.41, 5.74) is 0.583. The second-order valence-corrected chi connectivity index (χ2v) is 10.3. The van der Waals surface area contributed by atoms with Gasteiger partial charge in [0.05, 0.1) is 18.9 Å². The third-order valence-electron chi connectivity index (χ3n) is 5.46. The molecule has 1 N–H and O–H groups in total. The maximum absolute atomic E-state index is 12.8. The van der Waals surface area contributed by atoms with Crippen LogP contribution in [0, 0.1) is 5.92 Å². The molecule has 1 unspecified atom stereocenters. The first-order chi connectivity index (χ1) is 15.3. The predicted octanol–water partition coefficient (Wildman–Crippen LogP) is 3.47. The summed E-state index contributed by atoms with van der Waals surface area (Å²) in [6.07, 6.45) is 0.972. The summed E-state index contributed by atoms with van der Waals surface area (Å²) in [7, 11) is -1.88. The molecule has 2 aromatic carbocycles. The number of hydrogen-bond donors (Lipinski definition) is 1. The molecule has 0 saturated carbocycles. The third kappa shape index (κ3) is 6.60. The lowest BCUT2D eigenvalue weighted by Crippen LogP contribution is -2.46. The number of ether oxygens (including phenoxy) is 2. The van der Waals surface area contributed by atoms with Gasteiger partial charge in [0.2, 0.25) is 15.9 Å². The van der Waals surface area contributed by atoms with Crippen molar-refractivity contribution < 1.29 is 22.7 Å². The van der Waals surface area contributed by atoms with Crippen molar-refractivity contribution in [2.24, 2.45) is 5.92 Å². The molecule has 2 aromatic rings. The van der Waals surface area contributed by atoms with Gasteiger partial charge < -0.3 is 14.8 Å². The van der Waals surface area contributed by atoms with Gasteiger partial charge in [-0.15, -0.1) is 0 Å². The lowest BCUT2D eigenvalue weighted by Gasteiger charge is -2.31. The zero-order chi connectivity index (χ0) is 23.1. The van der Waals surface area contributed by atoms with Gasteiger partial charge in [0.25, 0.3) is 0 Å². The maximum Gasteiger partial charge on any atom is 0.223 e. The van der Waals surface area contributed by atoms with E-state index >= 15 is 0 Å². The van der Waals surface area contributed by atoms with Crippen LogP contribution in [0.25, 0.3) is 0 Å². The quantitative estimate of drug-likeness (QED) is 0.594. The number of amides is 1. The Morgan fingerprint density at radius 1 is 1.12 bits per heavy atom. The second-order valence-electron chi connectivity index (χ2n) is 7.92. The number of benzene rings is 2. The Morgan fingerprint density at radius 3 is 2.38 bits per heavy atom. The molecule has 7 nitrogen and oxygen atoms in total. The van der Waals surface area contributed by atoms with Gasteiger partial charge in [0.15, 0.2) is 0 Å². The average molecular weight is 481 g/mol. The van der Waals surface area contributed by atoms with Crippen molar-refractivity contribution in [3.63, 3.8) is 0 Å². The minimum absolute atomic E-state index is 0.0704. The van der Waals surface area contributed by atoms with E-state index in [1.54, 1.807) is 31.4 Å². The number of carbonyl (C=O) groups is 1. The summed E-state index contributed by atoms with van der Waals surface area (Å²) >= 11 is 6.11. The Morgan fingerprint density at radius 2 is 1.75 bits per heavy atom. The first-order valence-corrected chi connectivity index (χ1v) is 12.6. The number of hydrogen-bond acceptors (Lipinski definition) is 5. The zero-order valence-electron chi connectivity index (χ0n) is 18.3. The number of nitrogens with one attached hydrogen (secondary N) is 1. The average Bonchev–Trinajstić information content (AvgIpc) is 2.79. The molecule has 3 rings (SSSR count). The van der Waals surface area contributed by atoms with E-state index < -0.39 is 10.0 Å². The van der Waals surface area contributed by atoms with Crippen molar-refractivity contribution in [3.8, 4) is 11.5 Å². The minimum atomic E-state index is -3.49. The van der Waals surface area contributed by atoms with Crippen LogP contribution >= 0.6 is 11.6 Å². The first kappa shape index (κ1) is 24.4. The number of halogens is 1. The van der Waals surface area contributed by atoms with Crippen molar-refractivity contribution in [2.75, 3.05) is 26.8 Å². The van der Waals surface area contributed by atoms with Gasteiger partial charge in [-0.1, -0.05) is 29.8 Å². The summed E-state index contributed by atoms with van der Waals surface area (Å²) < 4.78 is 37.8. The lowest BCUT2D eigenvalue weighted by atomic mass is 9.97. The van der Waals surface area contributed by atoms with Crippen LogP contribution in [0.2, 0.25) is 5.02 Å². The van der Waals surface area contributed by atoms with Crippen molar-refractivity contribution >= 4 is 27.5 Å². The van der Waals surface area contributed by atoms with Crippen LogP contribution in [-0.4, -0.2) is 51.5 Å². The van der Waals surface area contributed by atoms with Crippen LogP contribution in [0.5, 0.6) is 11.5 Å². The van der Waals surface area contributed by atoms with Gasteiger partial charge in [0.1, 0.15) is 18.1 Å². The molecular weight excluding hydrogens is 452 g/mol. The molecule has 174 valence electrons. The molecule has 9 heteroatoms. The number of rotatable bonds is 9. The van der Waals surface area contributed by atoms with Crippen molar-refractivity contribution in [1.29, 1.82) is 0 Å². The van der Waals surface area contributed by atoms with Crippen molar-refractivity contribution in [3.05, 3.63) is 59.1 Å². The topological polar surface area (TPSA) is 84.9 Å². The van der Waals surface area contributed by atoms with Gasteiger partial charge in [0, 0.05) is 24.0 Å². The Balaban J connectivity index is 1.44. The number of sulfonamides is 1. The summed E-state index contributed by atoms with van der Waals surface area (Å²) in [6.45, 7) is 2.86. The fraction of sp³-hybridized carbons (Fsp3) is 0.435. The van der Waals surface area contributed by atoms with Gasteiger partial charge in [-0.05, 0) is 55.7 Å². The normalized spacial score (nSPS) is 16.3. The molecule has 0 spiro atoms. The van der Waals surface area contributed by atoms with Crippen LogP contribution in [0.15, 0.2) is 48.5 Å². The van der Waals surface area contributed by atoms with E-state index in [0.717, 1.165) is 5.75 Å². The van der Waals surface area contributed by atoms with Crippen LogP contribution < -0.4 is 14.8 Å². The highest BCUT2D eigenvalue weighted by Gasteiger charge is 2.31. The van der Waals surface area contributed by atoms with Crippen LogP contribution in [-0.2, 0) is 20.6 Å². The van der Waals surface area contributed by atoms with Crippen molar-refractivity contribution in [1.82, 2.24) is 9.62 Å². The standard InChI is InChI=1S/C23H29ClN2O5S/c1-17(15-31-21-9-7-20(30-2)8-10-21)25-23(27)18-11-13-26(14-12-18)32(28,29)16-19-5-3-4-6-22(19)24/h3-10,17-18H,11-16H2,1-2H3,(H,25,27). The van der Waals surface area contributed by atoms with Crippen LogP contribution in [0.4, 0.5) is 0 Å². The smallest absolute Gasteiger partial charge is 0.223 e. The SMILES string of the molecule is COc1ccc(OCC(C)NC(=O)C2CCN(S(=O)(=O)Cc3ccccc3Cl)CC2)cc1. The molecular formula is C23H29ClN2O5S. The van der Waals surface area contributed by atoms with Crippen LogP contribution in [0.3, 0.4) is 0 Å². The lowest BCUT2D eigenvalue weighted by molar-refractivity contribution is -0.126. The molecule has 32 heavy (non-hydrogen) atoms.